The fourth-order valence-electron chi connectivity index (χ4n) is 2.22. The highest BCUT2D eigenvalue weighted by Gasteiger charge is 2.34. The third-order valence-corrected chi connectivity index (χ3v) is 5.33. The molecule has 106 valence electrons. The van der Waals surface area contributed by atoms with Gasteiger partial charge in [0.1, 0.15) is 10.7 Å². The first-order chi connectivity index (χ1) is 8.82. The fraction of sp³-hybridized carbons (Fsp3) is 0.500. The average Bonchev–Trinajstić information content (AvgIpc) is 2.78. The molecular formula is C12H18FN3O2S. The molecule has 1 unspecified atom stereocenters. The van der Waals surface area contributed by atoms with Gasteiger partial charge in [-0.25, -0.2) is 12.8 Å². The molecule has 1 aliphatic rings. The first-order valence-corrected chi connectivity index (χ1v) is 7.48. The topological polar surface area (TPSA) is 66.6 Å². The molecule has 1 aliphatic heterocycles. The van der Waals surface area contributed by atoms with Crippen LogP contribution in [0.25, 0.3) is 0 Å². The summed E-state index contributed by atoms with van der Waals surface area (Å²) in [4.78, 5) is 1.68. The van der Waals surface area contributed by atoms with Gasteiger partial charge in [-0.05, 0) is 38.7 Å². The second-order valence-electron chi connectivity index (χ2n) is 4.96. The van der Waals surface area contributed by atoms with Gasteiger partial charge in [-0.3, -0.25) is 0 Å². The molecule has 0 saturated carbocycles. The van der Waals surface area contributed by atoms with E-state index in [0.29, 0.717) is 13.1 Å². The van der Waals surface area contributed by atoms with Gasteiger partial charge in [0.05, 0.1) is 0 Å². The number of anilines is 1. The largest absolute Gasteiger partial charge is 0.399 e. The Morgan fingerprint density at radius 2 is 2.11 bits per heavy atom. The zero-order valence-corrected chi connectivity index (χ0v) is 11.8. The van der Waals surface area contributed by atoms with Crippen molar-refractivity contribution in [2.45, 2.75) is 17.4 Å². The van der Waals surface area contributed by atoms with Crippen LogP contribution in [-0.2, 0) is 10.0 Å². The molecule has 5 nitrogen and oxygen atoms in total. The molecule has 0 bridgehead atoms. The third-order valence-electron chi connectivity index (χ3n) is 3.43. The Morgan fingerprint density at radius 3 is 2.63 bits per heavy atom. The molecule has 0 aliphatic carbocycles. The van der Waals surface area contributed by atoms with Gasteiger partial charge in [0, 0.05) is 24.8 Å². The van der Waals surface area contributed by atoms with Crippen LogP contribution in [0.5, 0.6) is 0 Å². The van der Waals surface area contributed by atoms with Crippen molar-refractivity contribution in [2.24, 2.45) is 0 Å². The molecule has 1 aromatic carbocycles. The van der Waals surface area contributed by atoms with Gasteiger partial charge >= 0.3 is 0 Å². The Bertz CT molecular complexity index is 574. The lowest BCUT2D eigenvalue weighted by Crippen LogP contribution is -2.34. The summed E-state index contributed by atoms with van der Waals surface area (Å²) in [7, 11) is 0.0382. The number of nitrogens with two attached hydrogens (primary N) is 1. The van der Waals surface area contributed by atoms with E-state index in [-0.39, 0.29) is 16.6 Å². The van der Waals surface area contributed by atoms with Gasteiger partial charge in [0.25, 0.3) is 0 Å². The summed E-state index contributed by atoms with van der Waals surface area (Å²) in [5, 5.41) is 0. The van der Waals surface area contributed by atoms with Crippen LogP contribution in [0.2, 0.25) is 0 Å². The predicted molar refractivity (Wildman–Crippen MR) is 71.7 cm³/mol. The molecular weight excluding hydrogens is 269 g/mol. The summed E-state index contributed by atoms with van der Waals surface area (Å²) < 4.78 is 39.8. The number of sulfonamides is 1. The molecule has 0 radical (unpaired) electrons. The predicted octanol–water partition coefficient (Wildman–Crippen LogP) is 0.733. The maximum atomic E-state index is 13.8. The minimum atomic E-state index is -3.78. The van der Waals surface area contributed by atoms with Crippen molar-refractivity contribution >= 4 is 15.7 Å². The standard InChI is InChI=1S/C12H18FN3O2S/c1-15(2)10-5-6-16(8-10)19(17,18)12-4-3-9(14)7-11(12)13/h3-4,7,10H,5-6,8,14H2,1-2H3. The van der Waals surface area contributed by atoms with Gasteiger partial charge < -0.3 is 10.6 Å². The van der Waals surface area contributed by atoms with Crippen molar-refractivity contribution in [3.05, 3.63) is 24.0 Å². The first kappa shape index (κ1) is 14.2. The van der Waals surface area contributed by atoms with Crippen molar-refractivity contribution in [1.29, 1.82) is 0 Å². The lowest BCUT2D eigenvalue weighted by Gasteiger charge is -2.20. The van der Waals surface area contributed by atoms with E-state index in [1.54, 1.807) is 0 Å². The Morgan fingerprint density at radius 1 is 1.42 bits per heavy atom. The molecule has 19 heavy (non-hydrogen) atoms. The molecule has 1 saturated heterocycles. The monoisotopic (exact) mass is 287 g/mol. The Hall–Kier alpha value is -1.18. The molecule has 2 N–H and O–H groups in total. The van der Waals surface area contributed by atoms with Gasteiger partial charge in [-0.15, -0.1) is 0 Å². The number of nitrogen functional groups attached to an aromatic ring is 1. The van der Waals surface area contributed by atoms with Crippen molar-refractivity contribution < 1.29 is 12.8 Å². The van der Waals surface area contributed by atoms with Crippen LogP contribution in [-0.4, -0.2) is 50.8 Å². The number of rotatable bonds is 3. The Labute approximate surface area is 112 Å². The number of hydrogen-bond donors (Lipinski definition) is 1. The number of likely N-dealkylation sites (N-methyl/N-ethyl adjacent to an activating group) is 1. The van der Waals surface area contributed by atoms with Crippen LogP contribution in [0.1, 0.15) is 6.42 Å². The van der Waals surface area contributed by atoms with Crippen LogP contribution in [0, 0.1) is 5.82 Å². The molecule has 7 heteroatoms. The van der Waals surface area contributed by atoms with Crippen molar-refractivity contribution in [3.8, 4) is 0 Å². The van der Waals surface area contributed by atoms with E-state index in [0.717, 1.165) is 12.5 Å². The van der Waals surface area contributed by atoms with Crippen molar-refractivity contribution in [1.82, 2.24) is 9.21 Å². The molecule has 0 aromatic heterocycles. The molecule has 1 atom stereocenters. The number of halogens is 1. The lowest BCUT2D eigenvalue weighted by molar-refractivity contribution is 0.302. The number of hydrogen-bond acceptors (Lipinski definition) is 4. The SMILES string of the molecule is CN(C)C1CCN(S(=O)(=O)c2ccc(N)cc2F)C1. The van der Waals surface area contributed by atoms with E-state index >= 15 is 0 Å². The molecule has 0 amide bonds. The highest BCUT2D eigenvalue weighted by molar-refractivity contribution is 7.89. The van der Waals surface area contributed by atoms with Crippen LogP contribution in [0.15, 0.2) is 23.1 Å². The second-order valence-corrected chi connectivity index (χ2v) is 6.87. The zero-order chi connectivity index (χ0) is 14.2. The first-order valence-electron chi connectivity index (χ1n) is 6.04. The highest BCUT2D eigenvalue weighted by atomic mass is 32.2. The molecule has 1 fully saturated rings. The van der Waals surface area contributed by atoms with Gasteiger partial charge in [-0.1, -0.05) is 0 Å². The maximum absolute atomic E-state index is 13.8. The molecule has 0 spiro atoms. The van der Waals surface area contributed by atoms with E-state index in [9.17, 15) is 12.8 Å². The third kappa shape index (κ3) is 2.72. The lowest BCUT2D eigenvalue weighted by atomic mass is 10.2. The minimum absolute atomic E-state index is 0.173. The van der Waals surface area contributed by atoms with E-state index in [1.165, 1.54) is 16.4 Å². The van der Waals surface area contributed by atoms with Crippen molar-refractivity contribution in [2.75, 3.05) is 32.9 Å². The summed E-state index contributed by atoms with van der Waals surface area (Å²) >= 11 is 0. The maximum Gasteiger partial charge on any atom is 0.246 e. The normalized spacial score (nSPS) is 21.2. The average molecular weight is 287 g/mol. The Balaban J connectivity index is 2.29. The zero-order valence-electron chi connectivity index (χ0n) is 11.0. The Kier molecular flexibility index (Phi) is 3.80. The van der Waals surface area contributed by atoms with Crippen LogP contribution in [0.3, 0.4) is 0 Å². The minimum Gasteiger partial charge on any atom is -0.399 e. The van der Waals surface area contributed by atoms with E-state index in [4.69, 9.17) is 5.73 Å². The fourth-order valence-corrected chi connectivity index (χ4v) is 3.75. The molecule has 1 aromatic rings. The highest BCUT2D eigenvalue weighted by Crippen LogP contribution is 2.25. The van der Waals surface area contributed by atoms with Gasteiger partial charge in [0.2, 0.25) is 10.0 Å². The summed E-state index contributed by atoms with van der Waals surface area (Å²) in [6.07, 6.45) is 0.753. The second kappa shape index (κ2) is 5.07. The van der Waals surface area contributed by atoms with Crippen molar-refractivity contribution in [3.63, 3.8) is 0 Å². The summed E-state index contributed by atoms with van der Waals surface area (Å²) in [6, 6.07) is 3.83. The summed E-state index contributed by atoms with van der Waals surface area (Å²) in [6.45, 7) is 0.800. The quantitative estimate of drug-likeness (QED) is 0.832. The van der Waals surface area contributed by atoms with Gasteiger partial charge in [0.15, 0.2) is 0 Å². The summed E-state index contributed by atoms with van der Waals surface area (Å²) in [5.74, 6) is -0.798. The smallest absolute Gasteiger partial charge is 0.246 e. The van der Waals surface area contributed by atoms with Crippen LogP contribution < -0.4 is 5.73 Å². The number of benzene rings is 1. The van der Waals surface area contributed by atoms with E-state index in [2.05, 4.69) is 0 Å². The van der Waals surface area contributed by atoms with Crippen LogP contribution >= 0.6 is 0 Å². The van der Waals surface area contributed by atoms with Gasteiger partial charge in [-0.2, -0.15) is 4.31 Å². The molecule has 2 rings (SSSR count). The molecule has 1 heterocycles. The van der Waals surface area contributed by atoms with E-state index in [1.807, 2.05) is 19.0 Å². The van der Waals surface area contributed by atoms with Crippen LogP contribution in [0.4, 0.5) is 10.1 Å². The van der Waals surface area contributed by atoms with E-state index < -0.39 is 15.8 Å². The summed E-state index contributed by atoms with van der Waals surface area (Å²) in [5.41, 5.74) is 5.64. The number of nitrogens with zero attached hydrogens (tertiary/aromatic N) is 2.